The molecule has 0 aliphatic carbocycles. The Hall–Kier alpha value is -1.60. The second-order valence-electron chi connectivity index (χ2n) is 3.88. The molecule has 4 nitrogen and oxygen atoms in total. The largest absolute Gasteiger partial charge is 0.396 e. The monoisotopic (exact) mass is 219 g/mol. The Morgan fingerprint density at radius 3 is 2.88 bits per heavy atom. The number of nitrogens with zero attached hydrogens (tertiary/aromatic N) is 3. The quantitative estimate of drug-likeness (QED) is 0.816. The summed E-state index contributed by atoms with van der Waals surface area (Å²) in [7, 11) is 0. The van der Waals surface area contributed by atoms with Crippen molar-refractivity contribution in [3.8, 4) is 6.07 Å². The molecule has 1 heterocycles. The highest BCUT2D eigenvalue weighted by atomic mass is 16.3. The van der Waals surface area contributed by atoms with Crippen LogP contribution in [0.2, 0.25) is 0 Å². The molecule has 86 valence electrons. The maximum Gasteiger partial charge on any atom is 0.130 e. The first-order valence-corrected chi connectivity index (χ1v) is 5.42. The topological polar surface area (TPSA) is 60.1 Å². The van der Waals surface area contributed by atoms with Crippen LogP contribution in [0.25, 0.3) is 0 Å². The van der Waals surface area contributed by atoms with Gasteiger partial charge < -0.3 is 10.0 Å². The summed E-state index contributed by atoms with van der Waals surface area (Å²) in [6.45, 7) is 5.05. The molecule has 0 aliphatic rings. The lowest BCUT2D eigenvalue weighted by Crippen LogP contribution is -2.32. The minimum absolute atomic E-state index is 0.168. The predicted octanol–water partition coefficient (Wildman–Crippen LogP) is 1.55. The van der Waals surface area contributed by atoms with Gasteiger partial charge in [0.2, 0.25) is 0 Å². The first-order valence-electron chi connectivity index (χ1n) is 5.42. The molecule has 0 spiro atoms. The van der Waals surface area contributed by atoms with Gasteiger partial charge in [0.05, 0.1) is 11.6 Å². The summed E-state index contributed by atoms with van der Waals surface area (Å²) in [6.07, 6.45) is 2.35. The second kappa shape index (κ2) is 6.09. The van der Waals surface area contributed by atoms with Crippen LogP contribution in [-0.2, 0) is 0 Å². The summed E-state index contributed by atoms with van der Waals surface area (Å²) in [5, 5.41) is 17.7. The Balaban J connectivity index is 2.88. The average molecular weight is 219 g/mol. The molecule has 4 heteroatoms. The van der Waals surface area contributed by atoms with Crippen molar-refractivity contribution >= 4 is 5.82 Å². The lowest BCUT2D eigenvalue weighted by atomic mass is 10.2. The molecule has 1 rings (SSSR count). The zero-order valence-corrected chi connectivity index (χ0v) is 9.72. The summed E-state index contributed by atoms with van der Waals surface area (Å²) in [6, 6.07) is 5.86. The number of aliphatic hydroxyl groups is 1. The molecule has 0 atom stereocenters. The van der Waals surface area contributed by atoms with E-state index >= 15 is 0 Å². The average Bonchev–Trinajstić information content (AvgIpc) is 2.29. The Bertz CT molecular complexity index is 371. The van der Waals surface area contributed by atoms with Gasteiger partial charge >= 0.3 is 0 Å². The van der Waals surface area contributed by atoms with E-state index in [1.165, 1.54) is 0 Å². The van der Waals surface area contributed by atoms with E-state index in [0.29, 0.717) is 18.0 Å². The minimum atomic E-state index is 0.168. The van der Waals surface area contributed by atoms with Crippen LogP contribution in [0.3, 0.4) is 0 Å². The minimum Gasteiger partial charge on any atom is -0.396 e. The first-order chi connectivity index (χ1) is 7.69. The fourth-order valence-corrected chi connectivity index (χ4v) is 1.52. The van der Waals surface area contributed by atoms with Crippen LogP contribution in [0.4, 0.5) is 5.82 Å². The number of aliphatic hydroxyl groups excluding tert-OH is 1. The van der Waals surface area contributed by atoms with Crippen molar-refractivity contribution in [3.05, 3.63) is 23.9 Å². The van der Waals surface area contributed by atoms with Gasteiger partial charge in [-0.1, -0.05) is 0 Å². The Morgan fingerprint density at radius 1 is 1.56 bits per heavy atom. The van der Waals surface area contributed by atoms with E-state index < -0.39 is 0 Å². The summed E-state index contributed by atoms with van der Waals surface area (Å²) in [4.78, 5) is 6.34. The summed E-state index contributed by atoms with van der Waals surface area (Å²) >= 11 is 0. The maximum atomic E-state index is 8.85. The van der Waals surface area contributed by atoms with E-state index in [0.717, 1.165) is 12.4 Å². The van der Waals surface area contributed by atoms with E-state index in [-0.39, 0.29) is 6.61 Å². The smallest absolute Gasteiger partial charge is 0.130 e. The van der Waals surface area contributed by atoms with Gasteiger partial charge in [0.25, 0.3) is 0 Å². The number of anilines is 1. The van der Waals surface area contributed by atoms with Crippen LogP contribution in [0.15, 0.2) is 18.3 Å². The lowest BCUT2D eigenvalue weighted by molar-refractivity contribution is 0.288. The Labute approximate surface area is 96.2 Å². The third-order valence-electron chi connectivity index (χ3n) is 2.35. The molecule has 0 saturated heterocycles. The van der Waals surface area contributed by atoms with Crippen LogP contribution < -0.4 is 4.90 Å². The maximum absolute atomic E-state index is 8.85. The molecule has 1 N–H and O–H groups in total. The van der Waals surface area contributed by atoms with Crippen LogP contribution in [0.1, 0.15) is 25.8 Å². The van der Waals surface area contributed by atoms with Crippen LogP contribution in [0, 0.1) is 11.3 Å². The molecular weight excluding hydrogens is 202 g/mol. The van der Waals surface area contributed by atoms with Crippen molar-refractivity contribution < 1.29 is 5.11 Å². The number of aromatic nitrogens is 1. The SMILES string of the molecule is CC(C)N(CCCO)c1cc(C#N)ccn1. The number of nitriles is 1. The number of hydrogen-bond donors (Lipinski definition) is 1. The number of rotatable bonds is 5. The van der Waals surface area contributed by atoms with Crippen molar-refractivity contribution in [2.75, 3.05) is 18.1 Å². The van der Waals surface area contributed by atoms with Gasteiger partial charge in [-0.05, 0) is 32.4 Å². The normalized spacial score (nSPS) is 10.2. The van der Waals surface area contributed by atoms with Gasteiger partial charge in [-0.2, -0.15) is 5.26 Å². The molecule has 0 radical (unpaired) electrons. The molecule has 1 aromatic rings. The highest BCUT2D eigenvalue weighted by Crippen LogP contribution is 2.15. The molecule has 1 aromatic heterocycles. The summed E-state index contributed by atoms with van der Waals surface area (Å²) in [5.74, 6) is 0.794. The van der Waals surface area contributed by atoms with E-state index in [2.05, 4.69) is 29.8 Å². The third kappa shape index (κ3) is 3.21. The van der Waals surface area contributed by atoms with Gasteiger partial charge in [0.15, 0.2) is 0 Å². The van der Waals surface area contributed by atoms with E-state index in [4.69, 9.17) is 10.4 Å². The van der Waals surface area contributed by atoms with Crippen LogP contribution in [-0.4, -0.2) is 29.3 Å². The highest BCUT2D eigenvalue weighted by Gasteiger charge is 2.11. The molecule has 0 bridgehead atoms. The van der Waals surface area contributed by atoms with Crippen molar-refractivity contribution in [2.45, 2.75) is 26.3 Å². The molecule has 0 unspecified atom stereocenters. The third-order valence-corrected chi connectivity index (χ3v) is 2.35. The summed E-state index contributed by atoms with van der Waals surface area (Å²) < 4.78 is 0. The Kier molecular flexibility index (Phi) is 4.74. The fraction of sp³-hybridized carbons (Fsp3) is 0.500. The zero-order chi connectivity index (χ0) is 12.0. The Morgan fingerprint density at radius 2 is 2.31 bits per heavy atom. The van der Waals surface area contributed by atoms with Crippen LogP contribution in [0.5, 0.6) is 0 Å². The van der Waals surface area contributed by atoms with Gasteiger partial charge in [-0.15, -0.1) is 0 Å². The van der Waals surface area contributed by atoms with Gasteiger partial charge in [-0.3, -0.25) is 0 Å². The molecular formula is C12H17N3O. The van der Waals surface area contributed by atoms with Gasteiger partial charge in [0.1, 0.15) is 5.82 Å². The van der Waals surface area contributed by atoms with Crippen LogP contribution >= 0.6 is 0 Å². The molecule has 0 aromatic carbocycles. The second-order valence-corrected chi connectivity index (χ2v) is 3.88. The van der Waals surface area contributed by atoms with Crippen molar-refractivity contribution in [1.29, 1.82) is 5.26 Å². The number of hydrogen-bond acceptors (Lipinski definition) is 4. The van der Waals surface area contributed by atoms with Gasteiger partial charge in [0, 0.05) is 25.4 Å². The van der Waals surface area contributed by atoms with Crippen molar-refractivity contribution in [1.82, 2.24) is 4.98 Å². The molecule has 0 amide bonds. The van der Waals surface area contributed by atoms with Crippen molar-refractivity contribution in [2.24, 2.45) is 0 Å². The zero-order valence-electron chi connectivity index (χ0n) is 9.72. The fourth-order valence-electron chi connectivity index (χ4n) is 1.52. The van der Waals surface area contributed by atoms with E-state index in [1.54, 1.807) is 18.3 Å². The number of pyridine rings is 1. The molecule has 0 saturated carbocycles. The predicted molar refractivity (Wildman–Crippen MR) is 63.1 cm³/mol. The van der Waals surface area contributed by atoms with E-state index in [9.17, 15) is 0 Å². The molecule has 0 fully saturated rings. The first kappa shape index (κ1) is 12.5. The standard InChI is InChI=1S/C12H17N3O/c1-10(2)15(6-3-7-16)12-8-11(9-13)4-5-14-12/h4-5,8,10,16H,3,6-7H2,1-2H3. The van der Waals surface area contributed by atoms with Gasteiger partial charge in [-0.25, -0.2) is 4.98 Å². The summed E-state index contributed by atoms with van der Waals surface area (Å²) in [5.41, 5.74) is 0.611. The lowest BCUT2D eigenvalue weighted by Gasteiger charge is -2.27. The highest BCUT2D eigenvalue weighted by molar-refractivity contribution is 5.45. The molecule has 16 heavy (non-hydrogen) atoms. The van der Waals surface area contributed by atoms with Crippen molar-refractivity contribution in [3.63, 3.8) is 0 Å². The van der Waals surface area contributed by atoms with E-state index in [1.807, 2.05) is 0 Å². The molecule has 0 aliphatic heterocycles.